The van der Waals surface area contributed by atoms with Gasteiger partial charge < -0.3 is 4.84 Å². The van der Waals surface area contributed by atoms with Crippen LogP contribution in [0.1, 0.15) is 18.4 Å². The standard InChI is InChI=1S/C8H11BrN2O/c1-6(5-12-10)7-2-3-11-4-8(7)9/h2-4,6H,5,10H2,1H3. The predicted octanol–water partition coefficient (Wildman–Crippen LogP) is 1.84. The number of hydrogen-bond donors (Lipinski definition) is 1. The average molecular weight is 231 g/mol. The number of pyridine rings is 1. The Hall–Kier alpha value is -0.450. The SMILES string of the molecule is CC(CON)c1ccncc1Br. The van der Waals surface area contributed by atoms with Crippen LogP contribution in [0.25, 0.3) is 0 Å². The largest absolute Gasteiger partial charge is 0.304 e. The van der Waals surface area contributed by atoms with Crippen LogP contribution < -0.4 is 5.90 Å². The highest BCUT2D eigenvalue weighted by Crippen LogP contribution is 2.23. The minimum Gasteiger partial charge on any atom is -0.304 e. The van der Waals surface area contributed by atoms with Gasteiger partial charge in [0.15, 0.2) is 0 Å². The van der Waals surface area contributed by atoms with Gasteiger partial charge in [0.1, 0.15) is 0 Å². The van der Waals surface area contributed by atoms with Crippen molar-refractivity contribution in [3.05, 3.63) is 28.5 Å². The Bertz CT molecular complexity index is 255. The van der Waals surface area contributed by atoms with Crippen LogP contribution in [0.5, 0.6) is 0 Å². The fourth-order valence-corrected chi connectivity index (χ4v) is 1.66. The minimum absolute atomic E-state index is 0.285. The van der Waals surface area contributed by atoms with Gasteiger partial charge >= 0.3 is 0 Å². The molecule has 0 radical (unpaired) electrons. The Balaban J connectivity index is 2.79. The average Bonchev–Trinajstić information content (AvgIpc) is 2.05. The molecule has 0 fully saturated rings. The lowest BCUT2D eigenvalue weighted by molar-refractivity contribution is 0.126. The molecule has 0 saturated heterocycles. The van der Waals surface area contributed by atoms with Crippen molar-refractivity contribution >= 4 is 15.9 Å². The fourth-order valence-electron chi connectivity index (χ4n) is 1.02. The lowest BCUT2D eigenvalue weighted by Gasteiger charge is -2.10. The lowest BCUT2D eigenvalue weighted by atomic mass is 10.0. The Labute approximate surface area is 80.0 Å². The van der Waals surface area contributed by atoms with Gasteiger partial charge in [-0.15, -0.1) is 0 Å². The van der Waals surface area contributed by atoms with Crippen LogP contribution in [0.4, 0.5) is 0 Å². The van der Waals surface area contributed by atoms with Gasteiger partial charge in [-0.2, -0.15) is 0 Å². The van der Waals surface area contributed by atoms with Crippen molar-refractivity contribution in [1.82, 2.24) is 4.98 Å². The molecule has 1 heterocycles. The van der Waals surface area contributed by atoms with E-state index in [2.05, 4.69) is 25.8 Å². The Morgan fingerprint density at radius 1 is 1.75 bits per heavy atom. The molecule has 66 valence electrons. The van der Waals surface area contributed by atoms with E-state index in [9.17, 15) is 0 Å². The molecule has 0 aliphatic rings. The maximum Gasteiger partial charge on any atom is 0.0745 e. The molecule has 12 heavy (non-hydrogen) atoms. The number of halogens is 1. The van der Waals surface area contributed by atoms with E-state index in [0.29, 0.717) is 6.61 Å². The zero-order valence-corrected chi connectivity index (χ0v) is 8.41. The summed E-state index contributed by atoms with van der Waals surface area (Å²) < 4.78 is 0.995. The van der Waals surface area contributed by atoms with Gasteiger partial charge in [-0.3, -0.25) is 4.98 Å². The van der Waals surface area contributed by atoms with Crippen molar-refractivity contribution in [1.29, 1.82) is 0 Å². The van der Waals surface area contributed by atoms with Gasteiger partial charge in [0, 0.05) is 22.8 Å². The van der Waals surface area contributed by atoms with E-state index in [-0.39, 0.29) is 5.92 Å². The normalized spacial score (nSPS) is 12.9. The maximum absolute atomic E-state index is 4.99. The van der Waals surface area contributed by atoms with E-state index < -0.39 is 0 Å². The van der Waals surface area contributed by atoms with Crippen molar-refractivity contribution in [2.75, 3.05) is 6.61 Å². The van der Waals surface area contributed by atoms with Crippen LogP contribution in [0.15, 0.2) is 22.9 Å². The zero-order valence-electron chi connectivity index (χ0n) is 6.83. The molecule has 2 N–H and O–H groups in total. The second kappa shape index (κ2) is 4.54. The summed E-state index contributed by atoms with van der Waals surface area (Å²) in [5.41, 5.74) is 1.16. The summed E-state index contributed by atoms with van der Waals surface area (Å²) in [5.74, 6) is 5.27. The summed E-state index contributed by atoms with van der Waals surface area (Å²) in [5, 5.41) is 0. The highest BCUT2D eigenvalue weighted by Gasteiger charge is 2.08. The van der Waals surface area contributed by atoms with Gasteiger partial charge in [-0.1, -0.05) is 6.92 Å². The molecule has 3 nitrogen and oxygen atoms in total. The molecule has 1 rings (SSSR count). The molecule has 1 aromatic rings. The van der Waals surface area contributed by atoms with E-state index in [1.54, 1.807) is 12.4 Å². The monoisotopic (exact) mass is 230 g/mol. The number of nitrogens with zero attached hydrogens (tertiary/aromatic N) is 1. The van der Waals surface area contributed by atoms with Crippen LogP contribution in [0.2, 0.25) is 0 Å². The Morgan fingerprint density at radius 2 is 2.50 bits per heavy atom. The molecular weight excluding hydrogens is 220 g/mol. The van der Waals surface area contributed by atoms with Crippen LogP contribution >= 0.6 is 15.9 Å². The van der Waals surface area contributed by atoms with Gasteiger partial charge in [0.2, 0.25) is 0 Å². The molecule has 0 spiro atoms. The lowest BCUT2D eigenvalue weighted by Crippen LogP contribution is -2.08. The van der Waals surface area contributed by atoms with E-state index >= 15 is 0 Å². The van der Waals surface area contributed by atoms with Crippen LogP contribution in [0.3, 0.4) is 0 Å². The third kappa shape index (κ3) is 2.27. The summed E-state index contributed by atoms with van der Waals surface area (Å²) in [7, 11) is 0. The molecular formula is C8H11BrN2O. The van der Waals surface area contributed by atoms with E-state index in [0.717, 1.165) is 10.0 Å². The molecule has 1 unspecified atom stereocenters. The van der Waals surface area contributed by atoms with Gasteiger partial charge in [0.25, 0.3) is 0 Å². The molecule has 1 atom stereocenters. The van der Waals surface area contributed by atoms with Crippen LogP contribution in [-0.4, -0.2) is 11.6 Å². The first-order chi connectivity index (χ1) is 5.75. The first-order valence-corrected chi connectivity index (χ1v) is 4.46. The Kier molecular flexibility index (Phi) is 3.65. The van der Waals surface area contributed by atoms with E-state index in [1.807, 2.05) is 13.0 Å². The number of aromatic nitrogens is 1. The summed E-state index contributed by atoms with van der Waals surface area (Å²) in [6, 6.07) is 1.95. The summed E-state index contributed by atoms with van der Waals surface area (Å²) >= 11 is 3.41. The minimum atomic E-state index is 0.285. The molecule has 0 aliphatic heterocycles. The van der Waals surface area contributed by atoms with Gasteiger partial charge in [-0.05, 0) is 27.6 Å². The highest BCUT2D eigenvalue weighted by molar-refractivity contribution is 9.10. The van der Waals surface area contributed by atoms with Gasteiger partial charge in [0.05, 0.1) is 6.61 Å². The third-order valence-electron chi connectivity index (χ3n) is 1.68. The van der Waals surface area contributed by atoms with Crippen molar-refractivity contribution in [2.45, 2.75) is 12.8 Å². The number of nitrogens with two attached hydrogens (primary N) is 1. The third-order valence-corrected chi connectivity index (χ3v) is 2.34. The van der Waals surface area contributed by atoms with Crippen molar-refractivity contribution < 1.29 is 4.84 Å². The highest BCUT2D eigenvalue weighted by atomic mass is 79.9. The first-order valence-electron chi connectivity index (χ1n) is 3.66. The van der Waals surface area contributed by atoms with E-state index in [1.165, 1.54) is 0 Å². The summed E-state index contributed by atoms with van der Waals surface area (Å²) in [6.07, 6.45) is 3.52. The smallest absolute Gasteiger partial charge is 0.0745 e. The molecule has 4 heteroatoms. The summed E-state index contributed by atoms with van der Waals surface area (Å²) in [4.78, 5) is 8.54. The summed E-state index contributed by atoms with van der Waals surface area (Å²) in [6.45, 7) is 2.57. The van der Waals surface area contributed by atoms with Gasteiger partial charge in [-0.25, -0.2) is 5.90 Å². The second-order valence-electron chi connectivity index (χ2n) is 2.63. The van der Waals surface area contributed by atoms with Crippen LogP contribution in [0, 0.1) is 0 Å². The predicted molar refractivity (Wildman–Crippen MR) is 50.5 cm³/mol. The van der Waals surface area contributed by atoms with Crippen molar-refractivity contribution in [2.24, 2.45) is 5.90 Å². The quantitative estimate of drug-likeness (QED) is 0.807. The maximum atomic E-state index is 4.99. The topological polar surface area (TPSA) is 48.1 Å². The van der Waals surface area contributed by atoms with Crippen molar-refractivity contribution in [3.8, 4) is 0 Å². The fraction of sp³-hybridized carbons (Fsp3) is 0.375. The molecule has 1 aromatic heterocycles. The number of hydrogen-bond acceptors (Lipinski definition) is 3. The van der Waals surface area contributed by atoms with Crippen LogP contribution in [-0.2, 0) is 4.84 Å². The first kappa shape index (κ1) is 9.64. The molecule has 0 bridgehead atoms. The molecule has 0 aliphatic carbocycles. The second-order valence-corrected chi connectivity index (χ2v) is 3.49. The molecule has 0 saturated carbocycles. The Morgan fingerprint density at radius 3 is 3.08 bits per heavy atom. The van der Waals surface area contributed by atoms with Crippen molar-refractivity contribution in [3.63, 3.8) is 0 Å². The van der Waals surface area contributed by atoms with E-state index in [4.69, 9.17) is 5.90 Å². The zero-order chi connectivity index (χ0) is 8.97. The number of rotatable bonds is 3. The molecule has 0 amide bonds. The molecule has 0 aromatic carbocycles.